The number of benzene rings is 4. The van der Waals surface area contributed by atoms with Crippen LogP contribution in [-0.2, 0) is 51.7 Å². The van der Waals surface area contributed by atoms with Gasteiger partial charge in [-0.3, -0.25) is 9.36 Å². The number of nitrogens with zero attached hydrogens (tertiary/aromatic N) is 10. The van der Waals surface area contributed by atoms with Crippen molar-refractivity contribution in [3.63, 3.8) is 0 Å². The average Bonchev–Trinajstić information content (AvgIpc) is 4.51. The van der Waals surface area contributed by atoms with Crippen LogP contribution in [0.5, 0.6) is 11.5 Å². The molecule has 12 aromatic rings. The van der Waals surface area contributed by atoms with Gasteiger partial charge in [0.25, 0.3) is 20.0 Å². The van der Waals surface area contributed by atoms with E-state index in [2.05, 4.69) is 58.6 Å². The van der Waals surface area contributed by atoms with Crippen LogP contribution in [0.25, 0.3) is 88.2 Å². The second kappa shape index (κ2) is 20.5. The van der Waals surface area contributed by atoms with Gasteiger partial charge in [-0.05, 0) is 105 Å². The molecule has 0 amide bonds. The highest BCUT2D eigenvalue weighted by Gasteiger charge is 2.37. The molecule has 0 saturated carbocycles. The lowest BCUT2D eigenvalue weighted by Gasteiger charge is -2.36. The first-order chi connectivity index (χ1) is 38.6. The van der Waals surface area contributed by atoms with Gasteiger partial charge in [0.05, 0.1) is 72.0 Å². The Bertz CT molecular complexity index is 4640. The van der Waals surface area contributed by atoms with E-state index in [-0.39, 0.29) is 21.4 Å². The highest BCUT2D eigenvalue weighted by Crippen LogP contribution is 2.42. The van der Waals surface area contributed by atoms with Crippen LogP contribution >= 0.6 is 0 Å². The van der Waals surface area contributed by atoms with Gasteiger partial charge in [-0.25, -0.2) is 34.7 Å². The number of aromatic nitrogens is 10. The molecule has 0 fully saturated rings. The normalized spacial score (nSPS) is 12.6. The zero-order valence-electron chi connectivity index (χ0n) is 47.1. The van der Waals surface area contributed by atoms with E-state index in [1.807, 2.05) is 106 Å². The summed E-state index contributed by atoms with van der Waals surface area (Å²) in [5.74, 6) is 1.33. The molecule has 0 saturated heterocycles. The summed E-state index contributed by atoms with van der Waals surface area (Å²) in [6, 6.07) is 29.0. The first-order valence-electron chi connectivity index (χ1n) is 26.4. The van der Waals surface area contributed by atoms with Crippen molar-refractivity contribution in [2.24, 2.45) is 14.1 Å². The summed E-state index contributed by atoms with van der Waals surface area (Å²) >= 11 is 0. The predicted octanol–water partition coefficient (Wildman–Crippen LogP) is 11.2. The van der Waals surface area contributed by atoms with Crippen LogP contribution in [-0.4, -0.2) is 104 Å². The quantitative estimate of drug-likeness (QED) is 0.101. The summed E-state index contributed by atoms with van der Waals surface area (Å²) in [6.07, 6.45) is 10.7. The van der Waals surface area contributed by atoms with Crippen molar-refractivity contribution in [1.29, 1.82) is 0 Å². The Morgan fingerprint density at radius 3 is 1.38 bits per heavy atom. The molecular formula is C60H64N10O8S2Si. The second-order valence-corrected chi connectivity index (χ2v) is 30.3. The lowest BCUT2D eigenvalue weighted by atomic mass is 10.1. The third-order valence-electron chi connectivity index (χ3n) is 15.8. The number of rotatable bonds is 14. The monoisotopic (exact) mass is 1140 g/mol. The third-order valence-corrected chi connectivity index (χ3v) is 23.7. The van der Waals surface area contributed by atoms with Crippen LogP contribution in [0.4, 0.5) is 0 Å². The van der Waals surface area contributed by atoms with Crippen molar-refractivity contribution in [3.05, 3.63) is 145 Å². The summed E-state index contributed by atoms with van der Waals surface area (Å²) in [5.41, 5.74) is 8.46. The number of methoxy groups -OCH3 is 2. The van der Waals surface area contributed by atoms with Gasteiger partial charge < -0.3 is 28.1 Å². The molecule has 0 atom stereocenters. The van der Waals surface area contributed by atoms with Crippen LogP contribution in [0.1, 0.15) is 31.9 Å². The maximum atomic E-state index is 14.5. The minimum Gasteiger partial charge on any atom is -0.497 e. The van der Waals surface area contributed by atoms with Gasteiger partial charge in [0.1, 0.15) is 11.5 Å². The van der Waals surface area contributed by atoms with Gasteiger partial charge in [-0.15, -0.1) is 0 Å². The van der Waals surface area contributed by atoms with E-state index in [1.165, 1.54) is 7.94 Å². The number of pyridine rings is 2. The number of aliphatic hydroxyl groups is 1. The maximum absolute atomic E-state index is 14.5. The molecule has 0 aliphatic heterocycles. The Morgan fingerprint density at radius 2 is 0.988 bits per heavy atom. The summed E-state index contributed by atoms with van der Waals surface area (Å²) in [4.78, 5) is 9.64. The number of aliphatic hydroxyl groups excluding tert-OH is 1. The topological polar surface area (TPSA) is 197 Å². The number of fused-ring (bicyclic) bond motifs is 8. The molecule has 0 aliphatic carbocycles. The van der Waals surface area contributed by atoms with E-state index >= 15 is 0 Å². The van der Waals surface area contributed by atoms with Crippen LogP contribution in [0.3, 0.4) is 0 Å². The van der Waals surface area contributed by atoms with Gasteiger partial charge in [0, 0.05) is 106 Å². The Labute approximate surface area is 470 Å². The van der Waals surface area contributed by atoms with Crippen LogP contribution < -0.4 is 9.47 Å². The van der Waals surface area contributed by atoms with Crippen molar-refractivity contribution in [2.75, 3.05) is 27.4 Å². The van der Waals surface area contributed by atoms with Crippen molar-refractivity contribution in [3.8, 4) is 34.0 Å². The molecule has 418 valence electrons. The smallest absolute Gasteiger partial charge is 0.269 e. The fourth-order valence-electron chi connectivity index (χ4n) is 10.4. The molecule has 21 heteroatoms. The Kier molecular flexibility index (Phi) is 13.9. The van der Waals surface area contributed by atoms with E-state index in [0.717, 1.165) is 60.3 Å². The first kappa shape index (κ1) is 54.9. The molecule has 1 N–H and O–H groups in total. The standard InChI is InChI=1S/C33H39N5O4SSi.C27H25N5O4S/c1-22-9-12-25(13-10-22)43(39,40)38-30(18-27-31-23(19-34-32(27)38)20-35-36(31)5)28-21-37(15-16-42-44(7,8)33(2,3)4)29-14-11-24(41-6)17-26(28)29;1-17-4-7-20(8-5-17)37(34,35)32-25(13-22-26-18(14-28-27(22)32)15-29-30(26)2)23-16-31(10-11-33)24-9-6-19(36-3)12-21(23)24/h9-14,17-21H,15-16H2,1-8H3;4-9,12-16,33H,10-11H2,1-3H3. The molecule has 12 rings (SSSR count). The molecule has 0 aliphatic rings. The number of ether oxygens (including phenoxy) is 2. The minimum atomic E-state index is -4.05. The van der Waals surface area contributed by atoms with Crippen molar-refractivity contribution < 1.29 is 35.8 Å². The summed E-state index contributed by atoms with van der Waals surface area (Å²) in [5, 5.41) is 23.3. The summed E-state index contributed by atoms with van der Waals surface area (Å²) in [6.45, 7) is 16.5. The number of aryl methyl sites for hydroxylation is 4. The van der Waals surface area contributed by atoms with Crippen LogP contribution in [0, 0.1) is 13.8 Å². The molecule has 18 nitrogen and oxygen atoms in total. The molecule has 0 radical (unpaired) electrons. The highest BCUT2D eigenvalue weighted by atomic mass is 32.2. The SMILES string of the molecule is COc1ccc2c(c1)c(-c1cc3c4c(cnc3n1S(=O)(=O)c1ccc(C)cc1)cnn4C)cn2CCO.COc1ccc2c(c1)c(-c1cc3c4c(cnc3n1S(=O)(=O)c1ccc(C)cc1)cnn4C)cn2CCO[Si](C)(C)C(C)(C)C. The van der Waals surface area contributed by atoms with E-state index in [1.54, 1.807) is 84.8 Å². The molecule has 0 bridgehead atoms. The number of hydrogen-bond acceptors (Lipinski definition) is 12. The Morgan fingerprint density at radius 1 is 0.568 bits per heavy atom. The molecule has 0 unspecified atom stereocenters. The van der Waals surface area contributed by atoms with Gasteiger partial charge in [0.2, 0.25) is 0 Å². The predicted molar refractivity (Wildman–Crippen MR) is 321 cm³/mol. The fraction of sp³-hybridized carbons (Fsp3) is 0.267. The zero-order valence-corrected chi connectivity index (χ0v) is 49.8. The third kappa shape index (κ3) is 9.45. The van der Waals surface area contributed by atoms with Crippen molar-refractivity contribution in [1.82, 2.24) is 46.6 Å². The molecule has 4 aromatic carbocycles. The fourth-order valence-corrected chi connectivity index (χ4v) is 14.4. The van der Waals surface area contributed by atoms with Crippen LogP contribution in [0.2, 0.25) is 18.1 Å². The van der Waals surface area contributed by atoms with E-state index in [4.69, 9.17) is 13.9 Å². The maximum Gasteiger partial charge on any atom is 0.269 e. The minimum absolute atomic E-state index is 0.0584. The molecule has 8 heterocycles. The van der Waals surface area contributed by atoms with E-state index in [0.29, 0.717) is 70.2 Å². The van der Waals surface area contributed by atoms with E-state index < -0.39 is 28.4 Å². The van der Waals surface area contributed by atoms with Gasteiger partial charge in [0.15, 0.2) is 19.6 Å². The largest absolute Gasteiger partial charge is 0.497 e. The second-order valence-electron chi connectivity index (χ2n) is 21.9. The zero-order chi connectivity index (χ0) is 57.5. The summed E-state index contributed by atoms with van der Waals surface area (Å²) < 4.78 is 85.2. The first-order valence-corrected chi connectivity index (χ1v) is 32.2. The molecule has 0 spiro atoms. The average molecular weight is 1150 g/mol. The Balaban J connectivity index is 0.000000173. The molecule has 81 heavy (non-hydrogen) atoms. The summed E-state index contributed by atoms with van der Waals surface area (Å²) in [7, 11) is -3.13. The van der Waals surface area contributed by atoms with Gasteiger partial charge in [-0.2, -0.15) is 10.2 Å². The van der Waals surface area contributed by atoms with Crippen molar-refractivity contribution >= 4 is 94.0 Å². The van der Waals surface area contributed by atoms with Crippen LogP contribution in [0.15, 0.2) is 144 Å². The van der Waals surface area contributed by atoms with Gasteiger partial charge >= 0.3 is 0 Å². The number of hydrogen-bond donors (Lipinski definition) is 1. The molecular weight excluding hydrogens is 1080 g/mol. The lowest BCUT2D eigenvalue weighted by Crippen LogP contribution is -2.41. The van der Waals surface area contributed by atoms with E-state index in [9.17, 15) is 21.9 Å². The Hall–Kier alpha value is -8.08. The lowest BCUT2D eigenvalue weighted by molar-refractivity contribution is 0.273. The van der Waals surface area contributed by atoms with Gasteiger partial charge in [-0.1, -0.05) is 56.2 Å². The van der Waals surface area contributed by atoms with Crippen molar-refractivity contribution in [2.45, 2.75) is 75.6 Å². The molecule has 8 aromatic heterocycles. The highest BCUT2D eigenvalue weighted by molar-refractivity contribution is 7.90.